The average Bonchev–Trinajstić information content (AvgIpc) is 2.53. The number of rotatable bonds is 2. The van der Waals surface area contributed by atoms with Gasteiger partial charge in [-0.15, -0.1) is 0 Å². The largest absolute Gasteiger partial charge is 0.378 e. The molecule has 2 unspecified atom stereocenters. The van der Waals surface area contributed by atoms with Crippen molar-refractivity contribution in [3.63, 3.8) is 0 Å². The molecule has 1 saturated heterocycles. The van der Waals surface area contributed by atoms with Gasteiger partial charge < -0.3 is 4.74 Å². The fourth-order valence-electron chi connectivity index (χ4n) is 4.00. The molecule has 122 valence electrons. The molecule has 1 aromatic rings. The number of benzene rings is 1. The monoisotopic (exact) mass is 308 g/mol. The lowest BCUT2D eigenvalue weighted by Gasteiger charge is -2.37. The van der Waals surface area contributed by atoms with Gasteiger partial charge in [-0.2, -0.15) is 0 Å². The lowest BCUT2D eigenvalue weighted by molar-refractivity contribution is -0.0523. The van der Waals surface area contributed by atoms with E-state index in [1.807, 2.05) is 0 Å². The quantitative estimate of drug-likeness (QED) is 0.714. The van der Waals surface area contributed by atoms with Crippen molar-refractivity contribution < 1.29 is 13.5 Å². The second kappa shape index (κ2) is 6.66. The fourth-order valence-corrected chi connectivity index (χ4v) is 4.00. The van der Waals surface area contributed by atoms with Gasteiger partial charge in [0.15, 0.2) is 0 Å². The van der Waals surface area contributed by atoms with E-state index >= 15 is 0 Å². The molecule has 0 aromatic heterocycles. The maximum Gasteiger partial charge on any atom is 0.129 e. The molecular weight excluding hydrogens is 282 g/mol. The van der Waals surface area contributed by atoms with E-state index in [9.17, 15) is 8.78 Å². The standard InChI is InChI=1S/C19H26F2O/c1-12-3-8-19(22-11-12)15-6-4-14(5-7-15)16-9-17(20)13(2)18(21)10-16/h9-10,12,14-15,19H,3-8,11H2,1-2H3. The molecule has 3 rings (SSSR count). The van der Waals surface area contributed by atoms with Crippen LogP contribution in [0, 0.1) is 30.4 Å². The van der Waals surface area contributed by atoms with Crippen LogP contribution < -0.4 is 0 Å². The first-order valence-corrected chi connectivity index (χ1v) is 8.61. The van der Waals surface area contributed by atoms with Gasteiger partial charge in [-0.05, 0) is 80.9 Å². The molecule has 1 heterocycles. The fraction of sp³-hybridized carbons (Fsp3) is 0.684. The summed E-state index contributed by atoms with van der Waals surface area (Å²) in [4.78, 5) is 0. The Labute approximate surface area is 132 Å². The third kappa shape index (κ3) is 3.34. The summed E-state index contributed by atoms with van der Waals surface area (Å²) in [7, 11) is 0. The van der Waals surface area contributed by atoms with Crippen LogP contribution in [-0.4, -0.2) is 12.7 Å². The van der Waals surface area contributed by atoms with Crippen LogP contribution in [0.15, 0.2) is 12.1 Å². The zero-order chi connectivity index (χ0) is 15.7. The summed E-state index contributed by atoms with van der Waals surface area (Å²) in [5.74, 6) is 0.779. The maximum atomic E-state index is 13.7. The highest BCUT2D eigenvalue weighted by Gasteiger charge is 2.31. The van der Waals surface area contributed by atoms with Gasteiger partial charge in [-0.3, -0.25) is 0 Å². The molecule has 0 bridgehead atoms. The van der Waals surface area contributed by atoms with Crippen LogP contribution in [0.25, 0.3) is 0 Å². The molecule has 3 heteroatoms. The van der Waals surface area contributed by atoms with Gasteiger partial charge in [0.1, 0.15) is 11.6 Å². The summed E-state index contributed by atoms with van der Waals surface area (Å²) in [5.41, 5.74) is 0.958. The molecule has 0 amide bonds. The second-order valence-corrected chi connectivity index (χ2v) is 7.28. The van der Waals surface area contributed by atoms with Crippen LogP contribution in [0.4, 0.5) is 8.78 Å². The lowest BCUT2D eigenvalue weighted by atomic mass is 9.75. The van der Waals surface area contributed by atoms with E-state index in [4.69, 9.17) is 4.74 Å². The average molecular weight is 308 g/mol. The van der Waals surface area contributed by atoms with E-state index < -0.39 is 11.6 Å². The van der Waals surface area contributed by atoms with Crippen molar-refractivity contribution in [3.05, 3.63) is 34.9 Å². The summed E-state index contributed by atoms with van der Waals surface area (Å²) in [6.07, 6.45) is 7.10. The molecule has 1 aliphatic carbocycles. The zero-order valence-electron chi connectivity index (χ0n) is 13.6. The zero-order valence-corrected chi connectivity index (χ0v) is 13.6. The third-order valence-corrected chi connectivity index (χ3v) is 5.61. The van der Waals surface area contributed by atoms with Crippen LogP contribution >= 0.6 is 0 Å². The van der Waals surface area contributed by atoms with Crippen LogP contribution in [0.3, 0.4) is 0 Å². The first-order chi connectivity index (χ1) is 10.5. The van der Waals surface area contributed by atoms with Crippen LogP contribution in [-0.2, 0) is 4.74 Å². The molecule has 2 fully saturated rings. The maximum absolute atomic E-state index is 13.7. The molecule has 2 atom stereocenters. The lowest BCUT2D eigenvalue weighted by Crippen LogP contribution is -2.33. The van der Waals surface area contributed by atoms with E-state index in [-0.39, 0.29) is 5.56 Å². The summed E-state index contributed by atoms with van der Waals surface area (Å²) < 4.78 is 33.5. The van der Waals surface area contributed by atoms with Gasteiger partial charge in [0.2, 0.25) is 0 Å². The van der Waals surface area contributed by atoms with Crippen molar-refractivity contribution in [1.82, 2.24) is 0 Å². The molecule has 0 N–H and O–H groups in total. The topological polar surface area (TPSA) is 9.23 Å². The Hall–Kier alpha value is -0.960. The predicted octanol–water partition coefficient (Wildman–Crippen LogP) is 5.36. The summed E-state index contributed by atoms with van der Waals surface area (Å²) in [6.45, 7) is 4.62. The summed E-state index contributed by atoms with van der Waals surface area (Å²) in [6, 6.07) is 3.06. The number of ether oxygens (including phenoxy) is 1. The molecule has 2 aliphatic rings. The molecule has 1 saturated carbocycles. The third-order valence-electron chi connectivity index (χ3n) is 5.61. The first-order valence-electron chi connectivity index (χ1n) is 8.61. The highest BCUT2D eigenvalue weighted by atomic mass is 19.1. The van der Waals surface area contributed by atoms with Crippen molar-refractivity contribution >= 4 is 0 Å². The minimum Gasteiger partial charge on any atom is -0.378 e. The molecule has 22 heavy (non-hydrogen) atoms. The Kier molecular flexibility index (Phi) is 4.82. The predicted molar refractivity (Wildman–Crippen MR) is 83.9 cm³/mol. The van der Waals surface area contributed by atoms with Crippen molar-refractivity contribution in [2.45, 2.75) is 64.4 Å². The van der Waals surface area contributed by atoms with E-state index in [1.165, 1.54) is 31.9 Å². The Morgan fingerprint density at radius 2 is 1.59 bits per heavy atom. The number of halogens is 2. The SMILES string of the molecule is Cc1c(F)cc(C2CCC(C3CCC(C)CO3)CC2)cc1F. The van der Waals surface area contributed by atoms with Gasteiger partial charge in [0.05, 0.1) is 6.10 Å². The van der Waals surface area contributed by atoms with Gasteiger partial charge >= 0.3 is 0 Å². The highest BCUT2D eigenvalue weighted by molar-refractivity contribution is 5.28. The number of hydrogen-bond acceptors (Lipinski definition) is 1. The smallest absolute Gasteiger partial charge is 0.129 e. The Balaban J connectivity index is 1.60. The van der Waals surface area contributed by atoms with E-state index in [0.717, 1.165) is 37.9 Å². The molecule has 1 nitrogen and oxygen atoms in total. The van der Waals surface area contributed by atoms with E-state index in [2.05, 4.69) is 6.92 Å². The van der Waals surface area contributed by atoms with Crippen LogP contribution in [0.1, 0.15) is 62.5 Å². The molecule has 1 aromatic carbocycles. The van der Waals surface area contributed by atoms with Crippen molar-refractivity contribution in [3.8, 4) is 0 Å². The normalized spacial score (nSPS) is 32.9. The molecule has 0 radical (unpaired) electrons. The Morgan fingerprint density at radius 3 is 2.14 bits per heavy atom. The summed E-state index contributed by atoms with van der Waals surface area (Å²) >= 11 is 0. The molecular formula is C19H26F2O. The Morgan fingerprint density at radius 1 is 0.955 bits per heavy atom. The Bertz CT molecular complexity index is 489. The van der Waals surface area contributed by atoms with Crippen molar-refractivity contribution in [2.75, 3.05) is 6.61 Å². The van der Waals surface area contributed by atoms with Crippen molar-refractivity contribution in [2.24, 2.45) is 11.8 Å². The van der Waals surface area contributed by atoms with Gasteiger partial charge in [0.25, 0.3) is 0 Å². The van der Waals surface area contributed by atoms with Crippen molar-refractivity contribution in [1.29, 1.82) is 0 Å². The highest BCUT2D eigenvalue weighted by Crippen LogP contribution is 2.40. The first kappa shape index (κ1) is 15.9. The van der Waals surface area contributed by atoms with E-state index in [1.54, 1.807) is 0 Å². The van der Waals surface area contributed by atoms with Gasteiger partial charge in [-0.1, -0.05) is 6.92 Å². The second-order valence-electron chi connectivity index (χ2n) is 7.28. The minimum atomic E-state index is -0.415. The van der Waals surface area contributed by atoms with Gasteiger partial charge in [-0.25, -0.2) is 8.78 Å². The molecule has 1 aliphatic heterocycles. The van der Waals surface area contributed by atoms with Crippen LogP contribution in [0.2, 0.25) is 0 Å². The van der Waals surface area contributed by atoms with Crippen LogP contribution in [0.5, 0.6) is 0 Å². The summed E-state index contributed by atoms with van der Waals surface area (Å²) in [5, 5.41) is 0. The minimum absolute atomic E-state index is 0.127. The van der Waals surface area contributed by atoms with E-state index in [0.29, 0.717) is 23.9 Å². The number of hydrogen-bond donors (Lipinski definition) is 0. The molecule has 0 spiro atoms. The van der Waals surface area contributed by atoms with Gasteiger partial charge in [0, 0.05) is 12.2 Å².